The number of nitrogens with one attached hydrogen (secondary N) is 1. The van der Waals surface area contributed by atoms with Gasteiger partial charge in [-0.1, -0.05) is 0 Å². The number of rotatable bonds is 1. The number of fused-ring (bicyclic) bond motifs is 4. The average Bonchev–Trinajstić information content (AvgIpc) is 2.51. The molecule has 2 aliphatic rings. The van der Waals surface area contributed by atoms with Crippen LogP contribution in [0.25, 0.3) is 11.3 Å². The van der Waals surface area contributed by atoms with Crippen molar-refractivity contribution in [3.8, 4) is 11.3 Å². The van der Waals surface area contributed by atoms with E-state index in [9.17, 15) is 4.79 Å². The van der Waals surface area contributed by atoms with E-state index < -0.39 is 0 Å². The van der Waals surface area contributed by atoms with Gasteiger partial charge in [0.1, 0.15) is 0 Å². The van der Waals surface area contributed by atoms with Gasteiger partial charge in [0.05, 0.1) is 17.1 Å². The zero-order valence-corrected chi connectivity index (χ0v) is 13.0. The molecule has 0 amide bonds. The van der Waals surface area contributed by atoms with E-state index in [4.69, 9.17) is 0 Å². The summed E-state index contributed by atoms with van der Waals surface area (Å²) in [6.45, 7) is 6.68. The largest absolute Gasteiger partial charge is 0.316 e. The van der Waals surface area contributed by atoms with Crippen molar-refractivity contribution in [1.29, 1.82) is 0 Å². The Balaban J connectivity index is 1.88. The molecule has 0 aliphatic carbocycles. The van der Waals surface area contributed by atoms with Crippen molar-refractivity contribution in [2.75, 3.05) is 13.1 Å². The zero-order valence-electron chi connectivity index (χ0n) is 13.0. The predicted octanol–water partition coefficient (Wildman–Crippen LogP) is 1.63. The van der Waals surface area contributed by atoms with Gasteiger partial charge in [-0.15, -0.1) is 0 Å². The van der Waals surface area contributed by atoms with E-state index in [0.29, 0.717) is 11.8 Å². The van der Waals surface area contributed by atoms with Crippen LogP contribution >= 0.6 is 0 Å². The Morgan fingerprint density at radius 3 is 3.00 bits per heavy atom. The number of pyridine rings is 1. The Morgan fingerprint density at radius 1 is 1.27 bits per heavy atom. The summed E-state index contributed by atoms with van der Waals surface area (Å²) >= 11 is 0. The Kier molecular flexibility index (Phi) is 3.11. The van der Waals surface area contributed by atoms with Gasteiger partial charge < -0.3 is 9.88 Å². The maximum Gasteiger partial charge on any atom is 0.251 e. The van der Waals surface area contributed by atoms with Gasteiger partial charge in [0.15, 0.2) is 0 Å². The van der Waals surface area contributed by atoms with E-state index in [1.54, 1.807) is 12.3 Å². The maximum atomic E-state index is 12.6. The summed E-state index contributed by atoms with van der Waals surface area (Å²) < 4.78 is 1.96. The van der Waals surface area contributed by atoms with Gasteiger partial charge in [-0.25, -0.2) is 4.98 Å². The lowest BCUT2D eigenvalue weighted by Crippen LogP contribution is -2.44. The molecule has 4 rings (SSSR count). The minimum atomic E-state index is 0.0896. The molecular weight excluding hydrogens is 276 g/mol. The highest BCUT2D eigenvalue weighted by Gasteiger charge is 2.31. The zero-order chi connectivity index (χ0) is 15.3. The normalized spacial score (nSPS) is 23.2. The molecule has 2 atom stereocenters. The summed E-state index contributed by atoms with van der Waals surface area (Å²) in [5, 5.41) is 3.48. The van der Waals surface area contributed by atoms with Crippen molar-refractivity contribution in [3.05, 3.63) is 45.8 Å². The summed E-state index contributed by atoms with van der Waals surface area (Å²) in [4.78, 5) is 21.5. The van der Waals surface area contributed by atoms with Crippen LogP contribution in [0.5, 0.6) is 0 Å². The van der Waals surface area contributed by atoms with E-state index in [0.717, 1.165) is 48.0 Å². The molecular formula is C17H20N4O. The highest BCUT2D eigenvalue weighted by atomic mass is 16.1. The monoisotopic (exact) mass is 296 g/mol. The van der Waals surface area contributed by atoms with Crippen molar-refractivity contribution < 1.29 is 0 Å². The molecule has 2 aromatic rings. The quantitative estimate of drug-likeness (QED) is 0.869. The van der Waals surface area contributed by atoms with Crippen LogP contribution in [0, 0.1) is 19.8 Å². The first kappa shape index (κ1) is 13.6. The second-order valence-corrected chi connectivity index (χ2v) is 6.52. The highest BCUT2D eigenvalue weighted by molar-refractivity contribution is 5.62. The number of aryl methyl sites for hydroxylation is 2. The Bertz CT molecular complexity index is 796. The van der Waals surface area contributed by atoms with Gasteiger partial charge in [-0.2, -0.15) is 0 Å². The first-order valence-electron chi connectivity index (χ1n) is 7.88. The predicted molar refractivity (Wildman–Crippen MR) is 84.9 cm³/mol. The van der Waals surface area contributed by atoms with Crippen molar-refractivity contribution in [2.24, 2.45) is 5.92 Å². The Hall–Kier alpha value is -2.01. The van der Waals surface area contributed by atoms with Crippen molar-refractivity contribution in [1.82, 2.24) is 19.9 Å². The molecule has 1 fully saturated rings. The van der Waals surface area contributed by atoms with Crippen LogP contribution in [0.15, 0.2) is 23.1 Å². The van der Waals surface area contributed by atoms with Crippen LogP contribution in [-0.4, -0.2) is 27.6 Å². The molecule has 1 saturated heterocycles. The van der Waals surface area contributed by atoms with Gasteiger partial charge in [-0.3, -0.25) is 9.78 Å². The number of aromatic nitrogens is 3. The van der Waals surface area contributed by atoms with E-state index in [1.807, 2.05) is 18.4 Å². The third kappa shape index (κ3) is 2.16. The molecule has 5 nitrogen and oxygen atoms in total. The van der Waals surface area contributed by atoms with Crippen LogP contribution in [0.2, 0.25) is 0 Å². The molecule has 5 heteroatoms. The molecule has 0 radical (unpaired) electrons. The number of piperidine rings is 1. The highest BCUT2D eigenvalue weighted by Crippen LogP contribution is 2.33. The first-order valence-corrected chi connectivity index (χ1v) is 7.88. The number of nitrogens with zero attached hydrogens (tertiary/aromatic N) is 3. The van der Waals surface area contributed by atoms with Crippen molar-refractivity contribution in [3.63, 3.8) is 0 Å². The van der Waals surface area contributed by atoms with Crippen LogP contribution in [0.1, 0.15) is 29.4 Å². The standard InChI is InChI=1S/C17H20N4O/c1-10-6-19-11(2)17(20-10)13-4-15-14-3-12(7-18-8-14)9-21(15)16(22)5-13/h4-6,12,14,18H,3,7-9H2,1-2H3/t12-,14+/m0/s1. The molecule has 2 bridgehead atoms. The third-order valence-electron chi connectivity index (χ3n) is 4.81. The van der Waals surface area contributed by atoms with Gasteiger partial charge in [0, 0.05) is 42.5 Å². The third-order valence-corrected chi connectivity index (χ3v) is 4.81. The van der Waals surface area contributed by atoms with Gasteiger partial charge in [-0.05, 0) is 38.8 Å². The molecule has 2 aromatic heterocycles. The summed E-state index contributed by atoms with van der Waals surface area (Å²) in [6.07, 6.45) is 2.94. The molecule has 0 unspecified atom stereocenters. The Morgan fingerprint density at radius 2 is 2.14 bits per heavy atom. The second-order valence-electron chi connectivity index (χ2n) is 6.52. The molecule has 0 aromatic carbocycles. The minimum absolute atomic E-state index is 0.0896. The lowest BCUT2D eigenvalue weighted by molar-refractivity contribution is 0.257. The van der Waals surface area contributed by atoms with Crippen molar-refractivity contribution in [2.45, 2.75) is 32.7 Å². The van der Waals surface area contributed by atoms with E-state index >= 15 is 0 Å². The van der Waals surface area contributed by atoms with E-state index in [-0.39, 0.29) is 5.56 Å². The molecule has 2 aliphatic heterocycles. The average molecular weight is 296 g/mol. The molecule has 4 heterocycles. The first-order chi connectivity index (χ1) is 10.6. The number of hydrogen-bond acceptors (Lipinski definition) is 4. The molecule has 22 heavy (non-hydrogen) atoms. The summed E-state index contributed by atoms with van der Waals surface area (Å²) in [7, 11) is 0. The van der Waals surface area contributed by atoms with Crippen molar-refractivity contribution >= 4 is 0 Å². The van der Waals surface area contributed by atoms with Crippen LogP contribution < -0.4 is 10.9 Å². The van der Waals surface area contributed by atoms with Gasteiger partial charge in [0.25, 0.3) is 5.56 Å². The molecule has 0 saturated carbocycles. The molecule has 0 spiro atoms. The number of hydrogen-bond donors (Lipinski definition) is 1. The topological polar surface area (TPSA) is 59.8 Å². The summed E-state index contributed by atoms with van der Waals surface area (Å²) in [5.74, 6) is 1.01. The minimum Gasteiger partial charge on any atom is -0.316 e. The van der Waals surface area contributed by atoms with Gasteiger partial charge in [0.2, 0.25) is 0 Å². The lowest BCUT2D eigenvalue weighted by atomic mass is 9.83. The lowest BCUT2D eigenvalue weighted by Gasteiger charge is -2.37. The van der Waals surface area contributed by atoms with E-state index in [1.165, 1.54) is 6.42 Å². The smallest absolute Gasteiger partial charge is 0.251 e. The van der Waals surface area contributed by atoms with Crippen LogP contribution in [0.4, 0.5) is 0 Å². The second kappa shape index (κ2) is 5.02. The SMILES string of the molecule is Cc1cnc(C)c(-c2cc3n(c(=O)c2)C[C@@H]2CNC[C@H]3C2)n1. The van der Waals surface area contributed by atoms with Crippen LogP contribution in [-0.2, 0) is 6.54 Å². The van der Waals surface area contributed by atoms with Gasteiger partial charge >= 0.3 is 0 Å². The summed E-state index contributed by atoms with van der Waals surface area (Å²) in [5.41, 5.74) is 4.70. The summed E-state index contributed by atoms with van der Waals surface area (Å²) in [6, 6.07) is 3.86. The fraction of sp³-hybridized carbons (Fsp3) is 0.471. The maximum absolute atomic E-state index is 12.6. The van der Waals surface area contributed by atoms with Crippen LogP contribution in [0.3, 0.4) is 0 Å². The van der Waals surface area contributed by atoms with E-state index in [2.05, 4.69) is 21.4 Å². The Labute approximate surface area is 129 Å². The molecule has 114 valence electrons. The molecule has 1 N–H and O–H groups in total. The fourth-order valence-corrected chi connectivity index (χ4v) is 3.75. The fourth-order valence-electron chi connectivity index (χ4n) is 3.75.